The number of unbranched alkanes of at least 4 members (excludes halogenated alkanes) is 11. The van der Waals surface area contributed by atoms with Crippen molar-refractivity contribution in [2.75, 3.05) is 41.7 Å². The highest BCUT2D eigenvalue weighted by Crippen LogP contribution is 2.35. The number of rotatable bonds is 30. The predicted molar refractivity (Wildman–Crippen MR) is 212 cm³/mol. The van der Waals surface area contributed by atoms with E-state index in [9.17, 15) is 4.79 Å². The molecule has 2 unspecified atom stereocenters. The molecule has 0 bridgehead atoms. The molecule has 3 aliphatic rings. The average Bonchev–Trinajstić information content (AvgIpc) is 3.83. The van der Waals surface area contributed by atoms with Gasteiger partial charge in [-0.3, -0.25) is 4.79 Å². The van der Waals surface area contributed by atoms with Gasteiger partial charge in [0.05, 0.1) is 42.5 Å². The van der Waals surface area contributed by atoms with Gasteiger partial charge in [-0.25, -0.2) is 0 Å². The van der Waals surface area contributed by atoms with Crippen molar-refractivity contribution in [3.8, 4) is 11.8 Å². The molecule has 0 radical (unpaired) electrons. The maximum absolute atomic E-state index is 12.6. The van der Waals surface area contributed by atoms with Crippen molar-refractivity contribution in [2.45, 2.75) is 204 Å². The van der Waals surface area contributed by atoms with Crippen molar-refractivity contribution in [1.82, 2.24) is 0 Å². The lowest BCUT2D eigenvalue weighted by Gasteiger charge is -2.26. The fourth-order valence-corrected chi connectivity index (χ4v) is 8.02. The molecular weight excluding hydrogens is 704 g/mol. The Hall–Kier alpha value is -1.59. The summed E-state index contributed by atoms with van der Waals surface area (Å²) in [5, 5.41) is 0. The summed E-state index contributed by atoms with van der Waals surface area (Å²) >= 11 is 0. The maximum Gasteiger partial charge on any atom is 0.312 e. The van der Waals surface area contributed by atoms with Gasteiger partial charge in [-0.05, 0) is 71.4 Å². The highest BCUT2D eigenvalue weighted by atomic mass is 16.8. The molecule has 55 heavy (non-hydrogen) atoms. The lowest BCUT2D eigenvalue weighted by Crippen LogP contribution is -2.33. The number of carbonyl (C=O) groups is 1. The first-order valence-electron chi connectivity index (χ1n) is 21.4. The number of ether oxygens (including phenoxy) is 10. The molecule has 3 fully saturated rings. The molecule has 0 spiro atoms. The molecule has 9 atom stereocenters. The number of cyclic esters (lactones) is 1. The van der Waals surface area contributed by atoms with Crippen LogP contribution in [0.1, 0.15) is 150 Å². The summed E-state index contributed by atoms with van der Waals surface area (Å²) < 4.78 is 58.0. The van der Waals surface area contributed by atoms with Crippen LogP contribution in [0.25, 0.3) is 0 Å². The van der Waals surface area contributed by atoms with E-state index >= 15 is 0 Å². The standard InChI is InChI=1S/C44H76O11/c1-8-9-10-11-12-13-14-15-16-17-18-22-25-40-41(55-44(3,4)54-40)29-28-38(50-32-47-6)39-27-26-35(53-39)23-20-19-21-24-36(49-31-46-5)30-37-42(51-33-48-7)34(2)52-43(37)45/h20,23,34-42H,8-18,22,24-33H2,1-7H3/b23-20-/t34-,35+,36+,37?,38-,39-,40+,41+,42?/m0/s1. The SMILES string of the molecule is CCCCCCCCCCCCCC[C@H]1OC(C)(C)O[C@@H]1CC[C@H](OCOC)[C@@H]1CC[C@@H](/C=C\C#CC[C@H](CC2C(=O)O[C@@H](C)C2OCOC)OCOC)O1. The summed E-state index contributed by atoms with van der Waals surface area (Å²) in [5.74, 6) is 4.97. The summed E-state index contributed by atoms with van der Waals surface area (Å²) in [6.45, 7) is 8.55. The predicted octanol–water partition coefficient (Wildman–Crippen LogP) is 8.79. The lowest BCUT2D eigenvalue weighted by molar-refractivity contribution is -0.150. The second-order valence-corrected chi connectivity index (χ2v) is 16.0. The first-order valence-corrected chi connectivity index (χ1v) is 21.4. The number of methoxy groups -OCH3 is 3. The zero-order valence-corrected chi connectivity index (χ0v) is 35.4. The Morgan fingerprint density at radius 2 is 1.44 bits per heavy atom. The van der Waals surface area contributed by atoms with Crippen LogP contribution < -0.4 is 0 Å². The van der Waals surface area contributed by atoms with E-state index in [2.05, 4.69) is 18.8 Å². The topological polar surface area (TPSA) is 109 Å². The zero-order valence-electron chi connectivity index (χ0n) is 35.4. The molecule has 0 N–H and O–H groups in total. The van der Waals surface area contributed by atoms with E-state index in [0.29, 0.717) is 12.8 Å². The van der Waals surface area contributed by atoms with Gasteiger partial charge in [-0.1, -0.05) is 95.8 Å². The normalized spacial score (nSPS) is 27.4. The van der Waals surface area contributed by atoms with Crippen LogP contribution in [0.3, 0.4) is 0 Å². The summed E-state index contributed by atoms with van der Waals surface area (Å²) in [6, 6.07) is 0. The minimum atomic E-state index is -0.576. The lowest BCUT2D eigenvalue weighted by atomic mass is 9.94. The first kappa shape index (κ1) is 47.8. The van der Waals surface area contributed by atoms with Crippen LogP contribution in [0.4, 0.5) is 0 Å². The van der Waals surface area contributed by atoms with Gasteiger partial charge < -0.3 is 47.4 Å². The Labute approximate surface area is 333 Å². The fraction of sp³-hybridized carbons (Fsp3) is 0.886. The molecule has 0 aromatic heterocycles. The Kier molecular flexibility index (Phi) is 24.3. The molecule has 11 nitrogen and oxygen atoms in total. The molecule has 318 valence electrons. The first-order chi connectivity index (χ1) is 26.7. The van der Waals surface area contributed by atoms with Crippen molar-refractivity contribution >= 4 is 5.97 Å². The Balaban J connectivity index is 1.42. The van der Waals surface area contributed by atoms with Gasteiger partial charge in [-0.15, -0.1) is 0 Å². The van der Waals surface area contributed by atoms with Crippen molar-refractivity contribution < 1.29 is 52.2 Å². The quantitative estimate of drug-likeness (QED) is 0.0302. The van der Waals surface area contributed by atoms with E-state index < -0.39 is 17.8 Å². The molecule has 0 amide bonds. The molecule has 3 rings (SSSR count). The fourth-order valence-electron chi connectivity index (χ4n) is 8.02. The van der Waals surface area contributed by atoms with Gasteiger partial charge in [0.15, 0.2) is 5.79 Å². The third-order valence-electron chi connectivity index (χ3n) is 10.9. The molecule has 3 aliphatic heterocycles. The van der Waals surface area contributed by atoms with Gasteiger partial charge >= 0.3 is 5.97 Å². The van der Waals surface area contributed by atoms with E-state index in [1.54, 1.807) is 21.3 Å². The molecule has 3 heterocycles. The third-order valence-corrected chi connectivity index (χ3v) is 10.9. The van der Waals surface area contributed by atoms with Crippen molar-refractivity contribution in [3.63, 3.8) is 0 Å². The molecule has 3 saturated heterocycles. The van der Waals surface area contributed by atoms with Gasteiger partial charge in [0.2, 0.25) is 0 Å². The average molecular weight is 781 g/mol. The molecule has 0 saturated carbocycles. The van der Waals surface area contributed by atoms with Crippen molar-refractivity contribution in [2.24, 2.45) is 5.92 Å². The number of esters is 1. The van der Waals surface area contributed by atoms with Gasteiger partial charge in [0.25, 0.3) is 0 Å². The minimum absolute atomic E-state index is 0.0342. The van der Waals surface area contributed by atoms with Crippen molar-refractivity contribution in [3.05, 3.63) is 12.2 Å². The van der Waals surface area contributed by atoms with Crippen LogP contribution in [-0.2, 0) is 52.2 Å². The van der Waals surface area contributed by atoms with E-state index in [0.717, 1.165) is 32.1 Å². The third kappa shape index (κ3) is 18.7. The summed E-state index contributed by atoms with van der Waals surface area (Å²) in [7, 11) is 4.76. The smallest absolute Gasteiger partial charge is 0.312 e. The number of hydrogen-bond donors (Lipinski definition) is 0. The van der Waals surface area contributed by atoms with E-state index in [-0.39, 0.29) is 69.1 Å². The summed E-state index contributed by atoms with van der Waals surface area (Å²) in [6.07, 6.45) is 24.1. The number of allylic oxidation sites excluding steroid dienone is 1. The van der Waals surface area contributed by atoms with Crippen molar-refractivity contribution in [1.29, 1.82) is 0 Å². The highest BCUT2D eigenvalue weighted by Gasteiger charge is 2.45. The molecule has 11 heteroatoms. The molecular formula is C44H76O11. The van der Waals surface area contributed by atoms with Gasteiger partial charge in [-0.2, -0.15) is 0 Å². The Morgan fingerprint density at radius 3 is 2.09 bits per heavy atom. The number of hydrogen-bond acceptors (Lipinski definition) is 11. The Morgan fingerprint density at radius 1 is 0.818 bits per heavy atom. The van der Waals surface area contributed by atoms with Crippen LogP contribution in [0.15, 0.2) is 12.2 Å². The minimum Gasteiger partial charge on any atom is -0.460 e. The van der Waals surface area contributed by atoms with Crippen LogP contribution >= 0.6 is 0 Å². The van der Waals surface area contributed by atoms with Crippen LogP contribution in [0.5, 0.6) is 0 Å². The van der Waals surface area contributed by atoms with Crippen LogP contribution in [0.2, 0.25) is 0 Å². The van der Waals surface area contributed by atoms with Crippen LogP contribution in [0, 0.1) is 17.8 Å². The van der Waals surface area contributed by atoms with Gasteiger partial charge in [0.1, 0.15) is 32.6 Å². The molecule has 0 aromatic carbocycles. The summed E-state index contributed by atoms with van der Waals surface area (Å²) in [5.41, 5.74) is 0. The second kappa shape index (κ2) is 27.9. The monoisotopic (exact) mass is 781 g/mol. The van der Waals surface area contributed by atoms with Gasteiger partial charge in [0, 0.05) is 27.8 Å². The molecule has 0 aliphatic carbocycles. The van der Waals surface area contributed by atoms with Crippen LogP contribution in [-0.4, -0.2) is 102 Å². The number of carbonyl (C=O) groups excluding carboxylic acids is 1. The maximum atomic E-state index is 12.6. The molecule has 0 aromatic rings. The van der Waals surface area contributed by atoms with E-state index in [4.69, 9.17) is 47.4 Å². The summed E-state index contributed by atoms with van der Waals surface area (Å²) in [4.78, 5) is 12.6. The van der Waals surface area contributed by atoms with E-state index in [1.165, 1.54) is 77.0 Å². The second-order valence-electron chi connectivity index (χ2n) is 16.0. The Bertz CT molecular complexity index is 1100. The zero-order chi connectivity index (χ0) is 39.7. The highest BCUT2D eigenvalue weighted by molar-refractivity contribution is 5.75. The largest absolute Gasteiger partial charge is 0.460 e. The van der Waals surface area contributed by atoms with E-state index in [1.807, 2.05) is 32.9 Å².